The van der Waals surface area contributed by atoms with Gasteiger partial charge in [0.25, 0.3) is 6.10 Å². The SMILES string of the molecule is O=C(OC(C(F)(F)F)C(F)(F)F)N1CCC(Oc2ccncc2)CC1. The van der Waals surface area contributed by atoms with Crippen molar-refractivity contribution < 1.29 is 40.6 Å². The average molecular weight is 372 g/mol. The third-order valence-electron chi connectivity index (χ3n) is 3.47. The van der Waals surface area contributed by atoms with E-state index in [1.54, 1.807) is 12.1 Å². The van der Waals surface area contributed by atoms with Crippen LogP contribution in [-0.2, 0) is 4.74 Å². The number of hydrogen-bond donors (Lipinski definition) is 0. The molecular weight excluding hydrogens is 358 g/mol. The molecule has 25 heavy (non-hydrogen) atoms. The molecule has 0 saturated carbocycles. The molecule has 0 unspecified atom stereocenters. The van der Waals surface area contributed by atoms with Crippen LogP contribution in [0.3, 0.4) is 0 Å². The van der Waals surface area contributed by atoms with Crippen LogP contribution in [0, 0.1) is 0 Å². The fraction of sp³-hybridized carbons (Fsp3) is 0.571. The van der Waals surface area contributed by atoms with Gasteiger partial charge in [-0.15, -0.1) is 0 Å². The number of likely N-dealkylation sites (tertiary alicyclic amines) is 1. The van der Waals surface area contributed by atoms with Gasteiger partial charge in [0.1, 0.15) is 11.9 Å². The summed E-state index contributed by atoms with van der Waals surface area (Å²) in [5.74, 6) is 0.533. The van der Waals surface area contributed by atoms with Crippen LogP contribution in [0.5, 0.6) is 5.75 Å². The Bertz CT molecular complexity index is 556. The van der Waals surface area contributed by atoms with Gasteiger partial charge in [-0.1, -0.05) is 0 Å². The van der Waals surface area contributed by atoms with Gasteiger partial charge >= 0.3 is 18.4 Å². The van der Waals surface area contributed by atoms with Crippen molar-refractivity contribution in [3.63, 3.8) is 0 Å². The number of ether oxygens (including phenoxy) is 2. The molecule has 1 aliphatic rings. The van der Waals surface area contributed by atoms with Crippen LogP contribution >= 0.6 is 0 Å². The van der Waals surface area contributed by atoms with Crippen molar-refractivity contribution in [2.24, 2.45) is 0 Å². The number of carbonyl (C=O) groups excluding carboxylic acids is 1. The number of carbonyl (C=O) groups is 1. The minimum atomic E-state index is -5.73. The predicted molar refractivity (Wildman–Crippen MR) is 71.8 cm³/mol. The Labute approximate surface area is 138 Å². The molecule has 140 valence electrons. The van der Waals surface area contributed by atoms with Gasteiger partial charge in [0.2, 0.25) is 0 Å². The smallest absolute Gasteiger partial charge is 0.434 e. The molecule has 1 aromatic heterocycles. The Morgan fingerprint density at radius 1 is 1.08 bits per heavy atom. The lowest BCUT2D eigenvalue weighted by Gasteiger charge is -2.33. The monoisotopic (exact) mass is 372 g/mol. The third kappa shape index (κ3) is 5.40. The lowest BCUT2D eigenvalue weighted by molar-refractivity contribution is -0.308. The third-order valence-corrected chi connectivity index (χ3v) is 3.47. The largest absolute Gasteiger partial charge is 0.490 e. The van der Waals surface area contributed by atoms with Crippen molar-refractivity contribution in [1.29, 1.82) is 0 Å². The van der Waals surface area contributed by atoms with Crippen LogP contribution in [0.15, 0.2) is 24.5 Å². The number of aromatic nitrogens is 1. The molecule has 0 bridgehead atoms. The molecule has 0 spiro atoms. The van der Waals surface area contributed by atoms with Gasteiger partial charge in [-0.25, -0.2) is 4.79 Å². The van der Waals surface area contributed by atoms with Gasteiger partial charge in [0.05, 0.1) is 0 Å². The van der Waals surface area contributed by atoms with Gasteiger partial charge in [-0.05, 0) is 12.1 Å². The van der Waals surface area contributed by atoms with E-state index in [0.717, 1.165) is 4.90 Å². The molecule has 2 rings (SSSR count). The van der Waals surface area contributed by atoms with E-state index in [2.05, 4.69) is 9.72 Å². The van der Waals surface area contributed by atoms with E-state index in [-0.39, 0.29) is 32.0 Å². The Morgan fingerprint density at radius 2 is 1.60 bits per heavy atom. The van der Waals surface area contributed by atoms with E-state index in [0.29, 0.717) is 5.75 Å². The van der Waals surface area contributed by atoms with Gasteiger partial charge in [-0.3, -0.25) is 4.98 Å². The summed E-state index contributed by atoms with van der Waals surface area (Å²) in [4.78, 5) is 16.2. The first-order valence-corrected chi connectivity index (χ1v) is 7.23. The molecular formula is C14H14F6N2O3. The lowest BCUT2D eigenvalue weighted by atomic mass is 10.1. The summed E-state index contributed by atoms with van der Waals surface area (Å²) in [6, 6.07) is 3.22. The molecule has 1 aromatic rings. The molecule has 0 aliphatic carbocycles. The van der Waals surface area contributed by atoms with Gasteiger partial charge in [0.15, 0.2) is 0 Å². The van der Waals surface area contributed by atoms with Crippen LogP contribution < -0.4 is 4.74 Å². The van der Waals surface area contributed by atoms with Crippen molar-refractivity contribution >= 4 is 6.09 Å². The summed E-state index contributed by atoms with van der Waals surface area (Å²) in [7, 11) is 0. The fourth-order valence-electron chi connectivity index (χ4n) is 2.26. The number of amides is 1. The zero-order valence-corrected chi connectivity index (χ0v) is 12.7. The summed E-state index contributed by atoms with van der Waals surface area (Å²) < 4.78 is 83.7. The van der Waals surface area contributed by atoms with E-state index in [1.807, 2.05) is 0 Å². The second-order valence-corrected chi connectivity index (χ2v) is 5.33. The molecule has 1 saturated heterocycles. The molecule has 0 radical (unpaired) electrons. The highest BCUT2D eigenvalue weighted by Crippen LogP contribution is 2.36. The molecule has 2 heterocycles. The molecule has 0 aromatic carbocycles. The van der Waals surface area contributed by atoms with Crippen LogP contribution in [0.4, 0.5) is 31.1 Å². The van der Waals surface area contributed by atoms with Gasteiger partial charge < -0.3 is 14.4 Å². The fourth-order valence-corrected chi connectivity index (χ4v) is 2.26. The van der Waals surface area contributed by atoms with Crippen molar-refractivity contribution in [3.8, 4) is 5.75 Å². The highest BCUT2D eigenvalue weighted by Gasteiger charge is 2.60. The quantitative estimate of drug-likeness (QED) is 0.762. The minimum Gasteiger partial charge on any atom is -0.490 e. The molecule has 0 N–H and O–H groups in total. The average Bonchev–Trinajstić information content (AvgIpc) is 2.52. The Morgan fingerprint density at radius 3 is 2.08 bits per heavy atom. The topological polar surface area (TPSA) is 51.7 Å². The van der Waals surface area contributed by atoms with Crippen LogP contribution in [0.2, 0.25) is 0 Å². The Kier molecular flexibility index (Phi) is 5.63. The summed E-state index contributed by atoms with van der Waals surface area (Å²) in [5.41, 5.74) is 0. The predicted octanol–water partition coefficient (Wildman–Crippen LogP) is 3.55. The zero-order chi connectivity index (χ0) is 18.7. The van der Waals surface area contributed by atoms with E-state index in [9.17, 15) is 31.1 Å². The van der Waals surface area contributed by atoms with Crippen LogP contribution in [-0.4, -0.2) is 53.6 Å². The number of alkyl halides is 6. The molecule has 1 amide bonds. The van der Waals surface area contributed by atoms with E-state index >= 15 is 0 Å². The van der Waals surface area contributed by atoms with Crippen molar-refractivity contribution in [2.75, 3.05) is 13.1 Å². The first-order valence-electron chi connectivity index (χ1n) is 7.23. The van der Waals surface area contributed by atoms with E-state index < -0.39 is 24.5 Å². The maximum Gasteiger partial charge on any atom is 0.434 e. The zero-order valence-electron chi connectivity index (χ0n) is 12.7. The summed E-state index contributed by atoms with van der Waals surface area (Å²) in [6.45, 7) is -0.145. The maximum absolute atomic E-state index is 12.4. The maximum atomic E-state index is 12.4. The first-order chi connectivity index (χ1) is 11.6. The number of halogens is 6. The molecule has 1 aliphatic heterocycles. The Hall–Kier alpha value is -2.20. The van der Waals surface area contributed by atoms with Crippen LogP contribution in [0.1, 0.15) is 12.8 Å². The second kappa shape index (κ2) is 7.36. The van der Waals surface area contributed by atoms with Crippen molar-refractivity contribution in [1.82, 2.24) is 9.88 Å². The number of rotatable bonds is 3. The lowest BCUT2D eigenvalue weighted by Crippen LogP contribution is -2.50. The van der Waals surface area contributed by atoms with Crippen molar-refractivity contribution in [2.45, 2.75) is 37.4 Å². The number of pyridine rings is 1. The minimum absolute atomic E-state index is 0.0724. The number of piperidine rings is 1. The standard InChI is InChI=1S/C14H14F6N2O3/c15-13(16,17)11(14(18,19)20)25-12(23)22-7-3-10(4-8-22)24-9-1-5-21-6-2-9/h1-2,5-6,10-11H,3-4,7-8H2. The molecule has 1 fully saturated rings. The van der Waals surface area contributed by atoms with E-state index in [4.69, 9.17) is 4.74 Å². The summed E-state index contributed by atoms with van der Waals surface area (Å²) in [5, 5.41) is 0. The number of nitrogens with zero attached hydrogens (tertiary/aromatic N) is 2. The molecule has 0 atom stereocenters. The normalized spacial score (nSPS) is 16.8. The first kappa shape index (κ1) is 19.1. The summed E-state index contributed by atoms with van der Waals surface area (Å²) >= 11 is 0. The van der Waals surface area contributed by atoms with Crippen molar-refractivity contribution in [3.05, 3.63) is 24.5 Å². The van der Waals surface area contributed by atoms with Crippen LogP contribution in [0.25, 0.3) is 0 Å². The Balaban J connectivity index is 1.88. The highest BCUT2D eigenvalue weighted by atomic mass is 19.4. The van der Waals surface area contributed by atoms with Gasteiger partial charge in [0, 0.05) is 38.3 Å². The highest BCUT2D eigenvalue weighted by molar-refractivity contribution is 5.68. The molecule has 5 nitrogen and oxygen atoms in total. The second-order valence-electron chi connectivity index (χ2n) is 5.33. The van der Waals surface area contributed by atoms with E-state index in [1.165, 1.54) is 12.4 Å². The summed E-state index contributed by atoms with van der Waals surface area (Å²) in [6.07, 6.45) is -14.0. The van der Waals surface area contributed by atoms with Gasteiger partial charge in [-0.2, -0.15) is 26.3 Å². The molecule has 11 heteroatoms. The number of hydrogen-bond acceptors (Lipinski definition) is 4.